The van der Waals surface area contributed by atoms with Gasteiger partial charge in [0.1, 0.15) is 91.0 Å². The minimum Gasteiger partial charge on any atom is -0.387 e. The number of aromatic amines is 2. The number of nitrogens with one attached hydrogen (secondary N) is 2. The number of rotatable bonds is 22. The SMILES string of the molecule is Cc1cn([C@H]2C[C@H](OP(=O)(O)OC[C@H]3O[C@@H](n4ccc(N)nc4=O)[C@H](O)[C@@H]3OP(=O)(O)OC[C@H]3O[C@@H](n4cnc5c(N)ncnc54)[C@H](O)[C@@H]3OP(=O)(O)OC[C@H]3O[C@@H](n4cnc5c(=O)[nH]c(N)nc54)[C@H](O)[C@@H]3O)[C@@H](COP(=O)(O)O)O2)c(=O)[nH]c1=O. The lowest BCUT2D eigenvalue weighted by atomic mass is 10.1. The van der Waals surface area contributed by atoms with Gasteiger partial charge in [0.25, 0.3) is 11.1 Å². The predicted octanol–water partition coefficient (Wildman–Crippen LogP) is -5.14. The molecule has 43 nitrogen and oxygen atoms in total. The number of nitrogens with two attached hydrogens (primary N) is 3. The summed E-state index contributed by atoms with van der Waals surface area (Å²) < 4.78 is 116. The van der Waals surface area contributed by atoms with Gasteiger partial charge in [0.05, 0.1) is 39.1 Å². The largest absolute Gasteiger partial charge is 0.472 e. The summed E-state index contributed by atoms with van der Waals surface area (Å²) >= 11 is 0. The van der Waals surface area contributed by atoms with Gasteiger partial charge in [0, 0.05) is 24.4 Å². The third-order valence-electron chi connectivity index (χ3n) is 13.5. The first-order valence-corrected chi connectivity index (χ1v) is 30.7. The normalized spacial score (nSPS) is 30.9. The van der Waals surface area contributed by atoms with E-state index in [2.05, 4.69) is 39.4 Å². The molecule has 4 aliphatic rings. The fourth-order valence-electron chi connectivity index (χ4n) is 9.50. The number of aliphatic hydroxyl groups is 4. The average molecular weight is 1300 g/mol. The molecule has 6 aromatic rings. The molecule has 3 unspecified atom stereocenters. The number of phosphoric ester groups is 4. The first kappa shape index (κ1) is 63.0. The fraction of sp³-hybridized carbons (Fsp3) is 0.538. The lowest BCUT2D eigenvalue weighted by Gasteiger charge is -2.26. The number of phosphoric acid groups is 4. The van der Waals surface area contributed by atoms with Crippen molar-refractivity contribution in [2.75, 3.05) is 43.6 Å². The zero-order valence-electron chi connectivity index (χ0n) is 43.4. The molecule has 10 rings (SSSR count). The van der Waals surface area contributed by atoms with Gasteiger partial charge < -0.3 is 81.0 Å². The number of hydrogen-bond acceptors (Lipinski definition) is 32. The Bertz CT molecular complexity index is 3970. The lowest BCUT2D eigenvalue weighted by molar-refractivity contribution is -0.0642. The van der Waals surface area contributed by atoms with Crippen LogP contribution in [0.4, 0.5) is 17.6 Å². The maximum atomic E-state index is 14.0. The van der Waals surface area contributed by atoms with Gasteiger partial charge in [-0.25, -0.2) is 47.8 Å². The topological polar surface area (TPSA) is 627 Å². The van der Waals surface area contributed by atoms with Crippen molar-refractivity contribution in [3.63, 3.8) is 0 Å². The smallest absolute Gasteiger partial charge is 0.387 e. The summed E-state index contributed by atoms with van der Waals surface area (Å²) in [6, 6.07) is 1.09. The second kappa shape index (κ2) is 24.2. The number of aryl methyl sites for hydroxylation is 1. The predicted molar refractivity (Wildman–Crippen MR) is 275 cm³/mol. The number of hydrogen-bond donors (Lipinski definition) is 14. The van der Waals surface area contributed by atoms with Crippen LogP contribution in [0, 0.1) is 6.92 Å². The first-order chi connectivity index (χ1) is 40.4. The van der Waals surface area contributed by atoms with E-state index >= 15 is 0 Å². The van der Waals surface area contributed by atoms with Crippen molar-refractivity contribution in [2.45, 2.75) is 105 Å². The van der Waals surface area contributed by atoms with Crippen LogP contribution < -0.4 is 39.7 Å². The second-order valence-electron chi connectivity index (χ2n) is 19.3. The molecule has 0 aromatic carbocycles. The molecule has 4 fully saturated rings. The van der Waals surface area contributed by atoms with Gasteiger partial charge in [-0.05, 0) is 13.0 Å². The highest BCUT2D eigenvalue weighted by Crippen LogP contribution is 2.54. The Morgan fingerprint density at radius 3 is 1.77 bits per heavy atom. The van der Waals surface area contributed by atoms with E-state index in [1.807, 2.05) is 4.98 Å². The van der Waals surface area contributed by atoms with Gasteiger partial charge in [-0.3, -0.25) is 69.5 Å². The number of ether oxygens (including phenoxy) is 4. The Morgan fingerprint density at radius 1 is 0.605 bits per heavy atom. The minimum absolute atomic E-state index is 0.0144. The second-order valence-corrected chi connectivity index (χ2v) is 24.7. The maximum Gasteiger partial charge on any atom is 0.472 e. The van der Waals surface area contributed by atoms with Crippen LogP contribution in [0.5, 0.6) is 0 Å². The van der Waals surface area contributed by atoms with Crippen LogP contribution in [0.15, 0.2) is 56.6 Å². The van der Waals surface area contributed by atoms with Crippen molar-refractivity contribution >= 4 is 71.2 Å². The monoisotopic (exact) mass is 1300 g/mol. The molecule has 6 aromatic heterocycles. The molecule has 17 N–H and O–H groups in total. The van der Waals surface area contributed by atoms with Crippen LogP contribution >= 0.6 is 31.3 Å². The van der Waals surface area contributed by atoms with Gasteiger partial charge in [-0.1, -0.05) is 0 Å². The van der Waals surface area contributed by atoms with Gasteiger partial charge in [-0.15, -0.1) is 0 Å². The average Bonchev–Trinajstić information content (AvgIpc) is 2.04. The van der Waals surface area contributed by atoms with Gasteiger partial charge in [-0.2, -0.15) is 9.97 Å². The van der Waals surface area contributed by atoms with Crippen molar-refractivity contribution in [3.05, 3.63) is 84.7 Å². The number of aliphatic hydroxyl groups excluding tert-OH is 4. The Balaban J connectivity index is 0.858. The van der Waals surface area contributed by atoms with Crippen LogP contribution in [0.2, 0.25) is 0 Å². The molecule has 0 radical (unpaired) electrons. The van der Waals surface area contributed by atoms with E-state index in [0.717, 1.165) is 51.1 Å². The molecule has 0 spiro atoms. The number of anilines is 3. The van der Waals surface area contributed by atoms with E-state index in [0.29, 0.717) is 4.57 Å². The molecular weight excluding hydrogens is 1250 g/mol. The van der Waals surface area contributed by atoms with Crippen molar-refractivity contribution in [2.24, 2.45) is 0 Å². The zero-order valence-corrected chi connectivity index (χ0v) is 47.0. The molecule has 0 amide bonds. The molecule has 47 heteroatoms. The van der Waals surface area contributed by atoms with Gasteiger partial charge >= 0.3 is 42.7 Å². The highest BCUT2D eigenvalue weighted by atomic mass is 31.2. The Morgan fingerprint density at radius 2 is 1.15 bits per heavy atom. The van der Waals surface area contributed by atoms with E-state index in [-0.39, 0.29) is 45.5 Å². The third kappa shape index (κ3) is 13.4. The highest BCUT2D eigenvalue weighted by Gasteiger charge is 2.54. The zero-order chi connectivity index (χ0) is 62.1. The van der Waals surface area contributed by atoms with Crippen molar-refractivity contribution in [1.29, 1.82) is 0 Å². The van der Waals surface area contributed by atoms with Gasteiger partial charge in [0.15, 0.2) is 41.3 Å². The van der Waals surface area contributed by atoms with E-state index < -0.39 is 179 Å². The van der Waals surface area contributed by atoms with E-state index in [1.165, 1.54) is 6.92 Å². The molecule has 18 atom stereocenters. The molecular formula is C39H51N15O28P4. The highest BCUT2D eigenvalue weighted by molar-refractivity contribution is 7.48. The molecule has 0 bridgehead atoms. The molecule has 470 valence electrons. The van der Waals surface area contributed by atoms with Crippen molar-refractivity contribution in [3.8, 4) is 0 Å². The summed E-state index contributed by atoms with van der Waals surface area (Å²) in [5.74, 6) is -0.766. The van der Waals surface area contributed by atoms with E-state index in [1.54, 1.807) is 0 Å². The number of nitrogens with zero attached hydrogens (tertiary/aromatic N) is 10. The van der Waals surface area contributed by atoms with Crippen LogP contribution in [0.1, 0.15) is 36.9 Å². The molecule has 0 saturated carbocycles. The molecule has 4 aliphatic heterocycles. The summed E-state index contributed by atoms with van der Waals surface area (Å²) in [7, 11) is -22.0. The molecule has 10 heterocycles. The molecule has 0 aliphatic carbocycles. The lowest BCUT2D eigenvalue weighted by Crippen LogP contribution is -2.38. The van der Waals surface area contributed by atoms with Gasteiger partial charge in [0.2, 0.25) is 5.95 Å². The Labute approximate surface area is 475 Å². The number of aromatic nitrogens is 12. The summed E-state index contributed by atoms with van der Waals surface area (Å²) in [5, 5.41) is 45.2. The van der Waals surface area contributed by atoms with Crippen molar-refractivity contribution in [1.82, 2.24) is 58.1 Å². The third-order valence-corrected chi connectivity index (χ3v) is 17.0. The quantitative estimate of drug-likeness (QED) is 0.0283. The van der Waals surface area contributed by atoms with Crippen LogP contribution in [-0.2, 0) is 68.9 Å². The Kier molecular flexibility index (Phi) is 17.7. The maximum absolute atomic E-state index is 14.0. The minimum atomic E-state index is -5.75. The summed E-state index contributed by atoms with van der Waals surface area (Å²) in [4.78, 5) is 130. The fourth-order valence-corrected chi connectivity index (χ4v) is 12.7. The molecule has 86 heavy (non-hydrogen) atoms. The summed E-state index contributed by atoms with van der Waals surface area (Å²) in [5.41, 5.74) is 13.1. The summed E-state index contributed by atoms with van der Waals surface area (Å²) in [6.07, 6.45) is -23.1. The number of H-pyrrole nitrogens is 2. The van der Waals surface area contributed by atoms with Crippen molar-refractivity contribution < 1.29 is 114 Å². The standard InChI is InChI=1S/C39H51N15O28P4/c1-13-5-52(39(62)50-32(13)59)20-4-14(15(76-20)6-72-83(63,64)65)80-84(66,67)74-8-17-27(25(57)35(78-17)51-3-2-19(40)47-38(51)61)81-86(70,71)75-9-18-28(26(58)36(79-18)53-11-45-21-29(41)43-10-44-30(21)53)82-85(68,69)73-7-16-23(55)24(56)34(77-16)54-12-46-22-31(54)48-37(42)49-33(22)60/h2-3,5,10-12,14-18,20,23-28,34-36,55-58H,4,6-9H2,1H3,(H,66,67)(H,68,69)(H,70,71)(H2,40,47,61)(H2,41,43,44)(H,50,59,62)(H2,63,64,65)(H3,42,48,49,60)/t14-,15+,16+,17+,18+,20+,23+,24+,25+,26+,27+,28+,34+,35+,36+/m0/s1. The van der Waals surface area contributed by atoms with Crippen LogP contribution in [0.25, 0.3) is 22.3 Å². The Hall–Kier alpha value is -6.02. The number of imidazole rings is 2. The van der Waals surface area contributed by atoms with Crippen LogP contribution in [-0.4, -0.2) is 197 Å². The number of fused-ring (bicyclic) bond motifs is 2. The molecule has 4 saturated heterocycles. The van der Waals surface area contributed by atoms with E-state index in [9.17, 15) is 82.3 Å². The summed E-state index contributed by atoms with van der Waals surface area (Å²) in [6.45, 7) is -3.19. The van der Waals surface area contributed by atoms with E-state index in [4.69, 9.17) is 63.3 Å². The first-order valence-electron chi connectivity index (χ1n) is 24.7. The van der Waals surface area contributed by atoms with Crippen LogP contribution in [0.3, 0.4) is 0 Å². The number of nitrogen functional groups attached to an aromatic ring is 3.